The molecule has 0 aliphatic carbocycles. The summed E-state index contributed by atoms with van der Waals surface area (Å²) in [6.07, 6.45) is 1.67. The number of piperidine rings is 1. The number of aromatic nitrogens is 2. The van der Waals surface area contributed by atoms with Gasteiger partial charge in [0.2, 0.25) is 5.91 Å². The zero-order valence-electron chi connectivity index (χ0n) is 16.8. The average molecular weight is 394 g/mol. The van der Waals surface area contributed by atoms with E-state index in [-0.39, 0.29) is 11.8 Å². The maximum absolute atomic E-state index is 12.7. The molecule has 1 aliphatic rings. The number of hydrogen-bond acceptors (Lipinski definition) is 5. The first-order chi connectivity index (χ1) is 14.2. The summed E-state index contributed by atoms with van der Waals surface area (Å²) >= 11 is 0. The topological polar surface area (TPSA) is 79.5 Å². The van der Waals surface area contributed by atoms with E-state index < -0.39 is 0 Å². The first-order valence-corrected chi connectivity index (χ1v) is 9.85. The molecule has 3 aromatic rings. The first-order valence-electron chi connectivity index (χ1n) is 9.85. The van der Waals surface area contributed by atoms with E-state index in [1.165, 1.54) is 0 Å². The van der Waals surface area contributed by atoms with Crippen LogP contribution in [0.25, 0.3) is 11.0 Å². The molecule has 0 unspecified atom stereocenters. The van der Waals surface area contributed by atoms with Crippen molar-refractivity contribution in [2.45, 2.75) is 19.4 Å². The maximum atomic E-state index is 12.7. The summed E-state index contributed by atoms with van der Waals surface area (Å²) in [5, 5.41) is 3.01. The van der Waals surface area contributed by atoms with E-state index in [1.54, 1.807) is 26.4 Å². The number of ether oxygens (including phenoxy) is 2. The number of carbonyl (C=O) groups is 1. The Bertz CT molecular complexity index is 960. The normalized spacial score (nSPS) is 15.4. The predicted molar refractivity (Wildman–Crippen MR) is 112 cm³/mol. The molecule has 1 aromatic heterocycles. The number of methoxy groups -OCH3 is 2. The molecular weight excluding hydrogens is 368 g/mol. The number of nitrogens with one attached hydrogen (secondary N) is 2. The molecule has 2 heterocycles. The summed E-state index contributed by atoms with van der Waals surface area (Å²) in [7, 11) is 3.18. The van der Waals surface area contributed by atoms with Crippen LogP contribution in [0.4, 0.5) is 5.69 Å². The van der Waals surface area contributed by atoms with Crippen molar-refractivity contribution in [2.75, 3.05) is 32.6 Å². The van der Waals surface area contributed by atoms with E-state index >= 15 is 0 Å². The molecule has 7 nitrogen and oxygen atoms in total. The van der Waals surface area contributed by atoms with Crippen LogP contribution in [0.2, 0.25) is 0 Å². The van der Waals surface area contributed by atoms with Gasteiger partial charge in [0.05, 0.1) is 31.8 Å². The lowest BCUT2D eigenvalue weighted by atomic mass is 9.96. The van der Waals surface area contributed by atoms with Crippen molar-refractivity contribution >= 4 is 22.6 Å². The van der Waals surface area contributed by atoms with Crippen LogP contribution in [0.5, 0.6) is 11.5 Å². The van der Waals surface area contributed by atoms with E-state index in [1.807, 2.05) is 30.3 Å². The number of imidazole rings is 1. The molecule has 2 aromatic carbocycles. The van der Waals surface area contributed by atoms with Gasteiger partial charge in [0.1, 0.15) is 5.82 Å². The minimum absolute atomic E-state index is 0.00928. The van der Waals surface area contributed by atoms with Crippen molar-refractivity contribution in [3.63, 3.8) is 0 Å². The molecule has 1 aliphatic heterocycles. The fourth-order valence-electron chi connectivity index (χ4n) is 3.80. The molecule has 152 valence electrons. The number of nitrogens with zero attached hydrogens (tertiary/aromatic N) is 2. The standard InChI is InChI=1S/C22H26N4O3/c1-28-19-8-7-16(13-20(19)29-2)23-22(27)15-9-11-26(12-10-15)14-21-24-17-5-3-4-6-18(17)25-21/h3-8,13,15H,9-12,14H2,1-2H3,(H,23,27)(H,24,25). The molecule has 0 radical (unpaired) electrons. The lowest BCUT2D eigenvalue weighted by molar-refractivity contribution is -0.121. The Labute approximate surface area is 170 Å². The van der Waals surface area contributed by atoms with Gasteiger partial charge in [-0.1, -0.05) is 12.1 Å². The Kier molecular flexibility index (Phi) is 5.67. The first kappa shape index (κ1) is 19.3. The molecule has 7 heteroatoms. The predicted octanol–water partition coefficient (Wildman–Crippen LogP) is 3.43. The van der Waals surface area contributed by atoms with Crippen LogP contribution in [-0.4, -0.2) is 48.1 Å². The molecule has 1 amide bonds. The molecule has 0 atom stereocenters. The van der Waals surface area contributed by atoms with Crippen molar-refractivity contribution in [1.29, 1.82) is 0 Å². The summed E-state index contributed by atoms with van der Waals surface area (Å²) < 4.78 is 10.5. The summed E-state index contributed by atoms with van der Waals surface area (Å²) in [5.41, 5.74) is 2.77. The number of amides is 1. The molecular formula is C22H26N4O3. The number of benzene rings is 2. The zero-order valence-corrected chi connectivity index (χ0v) is 16.8. The molecule has 0 bridgehead atoms. The summed E-state index contributed by atoms with van der Waals surface area (Å²) in [6.45, 7) is 2.53. The number of aromatic amines is 1. The highest BCUT2D eigenvalue weighted by molar-refractivity contribution is 5.93. The van der Waals surface area contributed by atoms with Gasteiger partial charge in [-0.15, -0.1) is 0 Å². The van der Waals surface area contributed by atoms with E-state index in [9.17, 15) is 4.79 Å². The van der Waals surface area contributed by atoms with E-state index in [0.29, 0.717) is 11.5 Å². The van der Waals surface area contributed by atoms with Gasteiger partial charge in [-0.2, -0.15) is 0 Å². The largest absolute Gasteiger partial charge is 0.493 e. The quantitative estimate of drug-likeness (QED) is 0.670. The molecule has 1 fully saturated rings. The van der Waals surface area contributed by atoms with Gasteiger partial charge in [-0.3, -0.25) is 9.69 Å². The third-order valence-corrected chi connectivity index (χ3v) is 5.42. The second-order valence-corrected chi connectivity index (χ2v) is 7.31. The highest BCUT2D eigenvalue weighted by Gasteiger charge is 2.25. The smallest absolute Gasteiger partial charge is 0.227 e. The van der Waals surface area contributed by atoms with Crippen LogP contribution in [-0.2, 0) is 11.3 Å². The van der Waals surface area contributed by atoms with Gasteiger partial charge in [0.15, 0.2) is 11.5 Å². The molecule has 0 spiro atoms. The third kappa shape index (κ3) is 4.35. The Balaban J connectivity index is 1.31. The SMILES string of the molecule is COc1ccc(NC(=O)C2CCN(Cc3nc4ccccc4[nH]3)CC2)cc1OC. The number of para-hydroxylation sites is 2. The lowest BCUT2D eigenvalue weighted by Gasteiger charge is -2.30. The Hall–Kier alpha value is -3.06. The number of anilines is 1. The van der Waals surface area contributed by atoms with Crippen molar-refractivity contribution in [1.82, 2.24) is 14.9 Å². The van der Waals surface area contributed by atoms with Gasteiger partial charge in [-0.25, -0.2) is 4.98 Å². The van der Waals surface area contributed by atoms with E-state index in [2.05, 4.69) is 20.2 Å². The second kappa shape index (κ2) is 8.53. The van der Waals surface area contributed by atoms with Gasteiger partial charge in [0, 0.05) is 17.7 Å². The van der Waals surface area contributed by atoms with Gasteiger partial charge >= 0.3 is 0 Å². The van der Waals surface area contributed by atoms with Crippen LogP contribution in [0.3, 0.4) is 0 Å². The van der Waals surface area contributed by atoms with Crippen LogP contribution >= 0.6 is 0 Å². The number of H-pyrrole nitrogens is 1. The van der Waals surface area contributed by atoms with Crippen LogP contribution in [0, 0.1) is 5.92 Å². The van der Waals surface area contributed by atoms with Crippen molar-refractivity contribution in [3.05, 3.63) is 48.3 Å². The van der Waals surface area contributed by atoms with Gasteiger partial charge in [-0.05, 0) is 50.2 Å². The molecule has 4 rings (SSSR count). The number of hydrogen-bond donors (Lipinski definition) is 2. The molecule has 2 N–H and O–H groups in total. The number of carbonyl (C=O) groups excluding carboxylic acids is 1. The number of rotatable bonds is 6. The fraction of sp³-hybridized carbons (Fsp3) is 0.364. The second-order valence-electron chi connectivity index (χ2n) is 7.31. The monoisotopic (exact) mass is 394 g/mol. The zero-order chi connectivity index (χ0) is 20.2. The van der Waals surface area contributed by atoms with Crippen molar-refractivity contribution in [3.8, 4) is 11.5 Å². The Morgan fingerprint density at radius 1 is 1.14 bits per heavy atom. The van der Waals surface area contributed by atoms with Crippen LogP contribution < -0.4 is 14.8 Å². The fourth-order valence-corrected chi connectivity index (χ4v) is 3.80. The Morgan fingerprint density at radius 3 is 2.62 bits per heavy atom. The van der Waals surface area contributed by atoms with Crippen molar-refractivity contribution in [2.24, 2.45) is 5.92 Å². The van der Waals surface area contributed by atoms with Crippen molar-refractivity contribution < 1.29 is 14.3 Å². The lowest BCUT2D eigenvalue weighted by Crippen LogP contribution is -2.38. The molecule has 29 heavy (non-hydrogen) atoms. The van der Waals surface area contributed by atoms with Gasteiger partial charge < -0.3 is 19.8 Å². The van der Waals surface area contributed by atoms with Gasteiger partial charge in [0.25, 0.3) is 0 Å². The highest BCUT2D eigenvalue weighted by Crippen LogP contribution is 2.30. The Morgan fingerprint density at radius 2 is 1.90 bits per heavy atom. The van der Waals surface area contributed by atoms with Crippen LogP contribution in [0.15, 0.2) is 42.5 Å². The minimum atomic E-state index is 0.00928. The van der Waals surface area contributed by atoms with E-state index in [4.69, 9.17) is 9.47 Å². The number of fused-ring (bicyclic) bond motifs is 1. The number of likely N-dealkylation sites (tertiary alicyclic amines) is 1. The summed E-state index contributed by atoms with van der Waals surface area (Å²) in [5.74, 6) is 2.28. The molecule has 0 saturated carbocycles. The van der Waals surface area contributed by atoms with Crippen LogP contribution in [0.1, 0.15) is 18.7 Å². The highest BCUT2D eigenvalue weighted by atomic mass is 16.5. The van der Waals surface area contributed by atoms with E-state index in [0.717, 1.165) is 55.0 Å². The third-order valence-electron chi connectivity index (χ3n) is 5.42. The summed E-state index contributed by atoms with van der Waals surface area (Å²) in [6, 6.07) is 13.5. The minimum Gasteiger partial charge on any atom is -0.493 e. The maximum Gasteiger partial charge on any atom is 0.227 e. The average Bonchev–Trinajstić information content (AvgIpc) is 3.16. The summed E-state index contributed by atoms with van der Waals surface area (Å²) in [4.78, 5) is 23.1. The molecule has 1 saturated heterocycles.